The van der Waals surface area contributed by atoms with Crippen molar-refractivity contribution in [3.05, 3.63) is 29.8 Å². The Labute approximate surface area is 87.9 Å². The zero-order valence-corrected chi connectivity index (χ0v) is 8.45. The lowest BCUT2D eigenvalue weighted by Crippen LogP contribution is -2.35. The molecule has 1 fully saturated rings. The van der Waals surface area contributed by atoms with E-state index >= 15 is 0 Å². The van der Waals surface area contributed by atoms with Crippen molar-refractivity contribution in [2.75, 3.05) is 13.1 Å². The molecule has 2 rings (SSSR count). The van der Waals surface area contributed by atoms with Crippen molar-refractivity contribution in [1.29, 1.82) is 0 Å². The fraction of sp³-hybridized carbons (Fsp3) is 0.455. The van der Waals surface area contributed by atoms with Crippen LogP contribution in [-0.2, 0) is 0 Å². The number of carbonyl (C=O) groups excluding carboxylic acids is 1. The third-order valence-electron chi connectivity index (χ3n) is 2.60. The van der Waals surface area contributed by atoms with Crippen molar-refractivity contribution < 1.29 is 9.18 Å². The van der Waals surface area contributed by atoms with Gasteiger partial charge in [0.1, 0.15) is 5.82 Å². The van der Waals surface area contributed by atoms with Crippen molar-refractivity contribution in [1.82, 2.24) is 9.88 Å². The van der Waals surface area contributed by atoms with Crippen LogP contribution in [0.1, 0.15) is 29.6 Å². The first-order chi connectivity index (χ1) is 7.27. The molecule has 80 valence electrons. The number of hydrogen-bond acceptors (Lipinski definition) is 2. The Balaban J connectivity index is 2.12. The Morgan fingerprint density at radius 3 is 2.67 bits per heavy atom. The molecule has 4 heteroatoms. The zero-order chi connectivity index (χ0) is 10.7. The van der Waals surface area contributed by atoms with E-state index < -0.39 is 5.82 Å². The maximum absolute atomic E-state index is 12.9. The van der Waals surface area contributed by atoms with Gasteiger partial charge in [-0.1, -0.05) is 0 Å². The third kappa shape index (κ3) is 2.32. The highest BCUT2D eigenvalue weighted by Gasteiger charge is 2.18. The van der Waals surface area contributed by atoms with Crippen LogP contribution in [0.15, 0.2) is 18.5 Å². The van der Waals surface area contributed by atoms with Crippen LogP contribution < -0.4 is 0 Å². The lowest BCUT2D eigenvalue weighted by atomic mass is 10.1. The molecule has 0 bridgehead atoms. The van der Waals surface area contributed by atoms with Crippen LogP contribution in [0.5, 0.6) is 0 Å². The number of carbonyl (C=O) groups is 1. The van der Waals surface area contributed by atoms with E-state index in [-0.39, 0.29) is 5.91 Å². The Kier molecular flexibility index (Phi) is 2.94. The van der Waals surface area contributed by atoms with E-state index in [1.807, 2.05) is 0 Å². The minimum Gasteiger partial charge on any atom is -0.339 e. The molecule has 0 radical (unpaired) electrons. The van der Waals surface area contributed by atoms with Gasteiger partial charge in [0.15, 0.2) is 0 Å². The summed E-state index contributed by atoms with van der Waals surface area (Å²) in [6.07, 6.45) is 5.77. The summed E-state index contributed by atoms with van der Waals surface area (Å²) >= 11 is 0. The predicted octanol–water partition coefficient (Wildman–Crippen LogP) is 1.85. The average Bonchev–Trinajstić information content (AvgIpc) is 2.29. The maximum Gasteiger partial charge on any atom is 0.255 e. The maximum atomic E-state index is 12.9. The van der Waals surface area contributed by atoms with Gasteiger partial charge in [0, 0.05) is 19.3 Å². The van der Waals surface area contributed by atoms with E-state index in [4.69, 9.17) is 0 Å². The van der Waals surface area contributed by atoms with E-state index in [9.17, 15) is 9.18 Å². The quantitative estimate of drug-likeness (QED) is 0.705. The Hall–Kier alpha value is -1.45. The van der Waals surface area contributed by atoms with Crippen molar-refractivity contribution in [2.24, 2.45) is 0 Å². The normalized spacial score (nSPS) is 16.5. The van der Waals surface area contributed by atoms with E-state index in [1.54, 1.807) is 4.90 Å². The summed E-state index contributed by atoms with van der Waals surface area (Å²) in [5, 5.41) is 0. The average molecular weight is 208 g/mol. The Bertz CT molecular complexity index is 361. The number of piperidine rings is 1. The summed E-state index contributed by atoms with van der Waals surface area (Å²) in [7, 11) is 0. The van der Waals surface area contributed by atoms with Crippen molar-refractivity contribution in [3.8, 4) is 0 Å². The van der Waals surface area contributed by atoms with Crippen molar-refractivity contribution in [3.63, 3.8) is 0 Å². The highest BCUT2D eigenvalue weighted by Crippen LogP contribution is 2.12. The Morgan fingerprint density at radius 1 is 1.27 bits per heavy atom. The number of aromatic nitrogens is 1. The molecule has 1 aliphatic heterocycles. The molecule has 1 aromatic heterocycles. The summed E-state index contributed by atoms with van der Waals surface area (Å²) in [6, 6.07) is 1.24. The summed E-state index contributed by atoms with van der Waals surface area (Å²) in [5.74, 6) is -0.570. The minimum absolute atomic E-state index is 0.110. The molecule has 0 aliphatic carbocycles. The molecule has 1 aliphatic rings. The van der Waals surface area contributed by atoms with Crippen molar-refractivity contribution >= 4 is 5.91 Å². The molecule has 0 saturated carbocycles. The standard InChI is InChI=1S/C11H13FN2O/c12-10-6-9(7-13-8-10)11(15)14-4-2-1-3-5-14/h6-8H,1-5H2. The summed E-state index contributed by atoms with van der Waals surface area (Å²) in [6.45, 7) is 1.55. The fourth-order valence-corrected chi connectivity index (χ4v) is 1.81. The minimum atomic E-state index is -0.460. The largest absolute Gasteiger partial charge is 0.339 e. The molecular weight excluding hydrogens is 195 g/mol. The van der Waals surface area contributed by atoms with Crippen LogP contribution >= 0.6 is 0 Å². The van der Waals surface area contributed by atoms with Gasteiger partial charge in [-0.2, -0.15) is 0 Å². The van der Waals surface area contributed by atoms with Crippen LogP contribution in [-0.4, -0.2) is 28.9 Å². The first kappa shape index (κ1) is 10.1. The summed E-state index contributed by atoms with van der Waals surface area (Å²) in [5.41, 5.74) is 0.344. The second-order valence-electron chi connectivity index (χ2n) is 3.74. The SMILES string of the molecule is O=C(c1cncc(F)c1)N1CCCCC1. The summed E-state index contributed by atoms with van der Waals surface area (Å²) < 4.78 is 12.9. The monoisotopic (exact) mass is 208 g/mol. The van der Waals surface area contributed by atoms with Gasteiger partial charge in [-0.05, 0) is 25.3 Å². The van der Waals surface area contributed by atoms with Gasteiger partial charge in [-0.15, -0.1) is 0 Å². The lowest BCUT2D eigenvalue weighted by Gasteiger charge is -2.26. The number of rotatable bonds is 1. The molecule has 0 N–H and O–H groups in total. The second kappa shape index (κ2) is 4.38. The third-order valence-corrected chi connectivity index (χ3v) is 2.60. The molecule has 0 unspecified atom stereocenters. The van der Waals surface area contributed by atoms with E-state index in [2.05, 4.69) is 4.98 Å². The molecule has 2 heterocycles. The molecule has 1 saturated heterocycles. The van der Waals surface area contributed by atoms with Crippen LogP contribution in [0, 0.1) is 5.82 Å². The number of nitrogens with zero attached hydrogens (tertiary/aromatic N) is 2. The van der Waals surface area contributed by atoms with Gasteiger partial charge in [0.25, 0.3) is 5.91 Å². The predicted molar refractivity (Wildman–Crippen MR) is 53.9 cm³/mol. The Morgan fingerprint density at radius 2 is 2.00 bits per heavy atom. The second-order valence-corrected chi connectivity index (χ2v) is 3.74. The molecule has 3 nitrogen and oxygen atoms in total. The topological polar surface area (TPSA) is 33.2 Å². The molecule has 0 spiro atoms. The number of halogens is 1. The molecule has 0 aromatic carbocycles. The van der Waals surface area contributed by atoms with Crippen LogP contribution in [0.25, 0.3) is 0 Å². The fourth-order valence-electron chi connectivity index (χ4n) is 1.81. The van der Waals surface area contributed by atoms with Gasteiger partial charge in [-0.25, -0.2) is 4.39 Å². The van der Waals surface area contributed by atoms with Gasteiger partial charge >= 0.3 is 0 Å². The lowest BCUT2D eigenvalue weighted by molar-refractivity contribution is 0.0723. The van der Waals surface area contributed by atoms with E-state index in [0.29, 0.717) is 5.56 Å². The first-order valence-corrected chi connectivity index (χ1v) is 5.17. The number of likely N-dealkylation sites (tertiary alicyclic amines) is 1. The van der Waals surface area contributed by atoms with Crippen LogP contribution in [0.2, 0.25) is 0 Å². The first-order valence-electron chi connectivity index (χ1n) is 5.17. The molecule has 0 atom stereocenters. The highest BCUT2D eigenvalue weighted by molar-refractivity contribution is 5.93. The summed E-state index contributed by atoms with van der Waals surface area (Å²) in [4.78, 5) is 17.3. The van der Waals surface area contributed by atoms with Gasteiger partial charge in [0.05, 0.1) is 11.8 Å². The molecule has 15 heavy (non-hydrogen) atoms. The van der Waals surface area contributed by atoms with Crippen LogP contribution in [0.3, 0.4) is 0 Å². The molecule has 1 amide bonds. The molecule has 1 aromatic rings. The molecular formula is C11H13FN2O. The number of amides is 1. The highest BCUT2D eigenvalue weighted by atomic mass is 19.1. The van der Waals surface area contributed by atoms with E-state index in [0.717, 1.165) is 32.1 Å². The van der Waals surface area contributed by atoms with Gasteiger partial charge in [0.2, 0.25) is 0 Å². The van der Waals surface area contributed by atoms with Gasteiger partial charge in [-0.3, -0.25) is 9.78 Å². The van der Waals surface area contributed by atoms with Gasteiger partial charge < -0.3 is 4.90 Å². The number of hydrogen-bond donors (Lipinski definition) is 0. The zero-order valence-electron chi connectivity index (χ0n) is 8.45. The smallest absolute Gasteiger partial charge is 0.255 e. The van der Waals surface area contributed by atoms with E-state index in [1.165, 1.54) is 18.7 Å². The van der Waals surface area contributed by atoms with Crippen molar-refractivity contribution in [2.45, 2.75) is 19.3 Å². The number of pyridine rings is 1. The van der Waals surface area contributed by atoms with Crippen LogP contribution in [0.4, 0.5) is 4.39 Å².